The minimum absolute atomic E-state index is 0.0684. The molecule has 1 aliphatic carbocycles. The third kappa shape index (κ3) is 5.38. The second-order valence-corrected chi connectivity index (χ2v) is 5.97. The van der Waals surface area contributed by atoms with Crippen LogP contribution < -0.4 is 10.1 Å². The molecule has 1 aromatic rings. The maximum absolute atomic E-state index is 11.8. The van der Waals surface area contributed by atoms with Gasteiger partial charge in [-0.3, -0.25) is 4.79 Å². The number of carbonyl (C=O) groups excluding carboxylic acids is 1. The molecule has 0 radical (unpaired) electrons. The maximum Gasteiger partial charge on any atom is 0.223 e. The molecule has 0 aromatic heterocycles. The molecule has 1 saturated carbocycles. The Labute approximate surface area is 126 Å². The van der Waals surface area contributed by atoms with E-state index in [0.29, 0.717) is 19.6 Å². The van der Waals surface area contributed by atoms with E-state index in [1.807, 2.05) is 31.2 Å². The van der Waals surface area contributed by atoms with Crippen LogP contribution in [0.1, 0.15) is 44.1 Å². The van der Waals surface area contributed by atoms with E-state index < -0.39 is 5.60 Å². The molecule has 1 aliphatic rings. The highest BCUT2D eigenvalue weighted by molar-refractivity contribution is 5.76. The first-order valence-electron chi connectivity index (χ1n) is 7.76. The Morgan fingerprint density at radius 1 is 1.24 bits per heavy atom. The quantitative estimate of drug-likeness (QED) is 0.847. The van der Waals surface area contributed by atoms with Crippen LogP contribution in [-0.2, 0) is 4.79 Å². The highest BCUT2D eigenvalue weighted by Crippen LogP contribution is 2.27. The number of hydrogen-bond acceptors (Lipinski definition) is 3. The van der Waals surface area contributed by atoms with Crippen LogP contribution >= 0.6 is 0 Å². The van der Waals surface area contributed by atoms with Crippen molar-refractivity contribution >= 4 is 5.91 Å². The zero-order chi connectivity index (χ0) is 15.1. The molecule has 0 saturated heterocycles. The summed E-state index contributed by atoms with van der Waals surface area (Å²) in [7, 11) is 0. The molecule has 4 nitrogen and oxygen atoms in total. The molecule has 1 aromatic carbocycles. The van der Waals surface area contributed by atoms with Gasteiger partial charge in [0.25, 0.3) is 0 Å². The number of aryl methyl sites for hydroxylation is 1. The van der Waals surface area contributed by atoms with Crippen molar-refractivity contribution in [2.24, 2.45) is 0 Å². The minimum atomic E-state index is -0.703. The minimum Gasteiger partial charge on any atom is -0.493 e. The first-order chi connectivity index (χ1) is 10.1. The summed E-state index contributed by atoms with van der Waals surface area (Å²) in [6.07, 6.45) is 5.15. The van der Waals surface area contributed by atoms with Crippen molar-refractivity contribution in [2.45, 2.75) is 51.0 Å². The fourth-order valence-electron chi connectivity index (χ4n) is 2.63. The monoisotopic (exact) mass is 291 g/mol. The van der Waals surface area contributed by atoms with Crippen LogP contribution in [-0.4, -0.2) is 29.8 Å². The van der Waals surface area contributed by atoms with Crippen LogP contribution in [0.25, 0.3) is 0 Å². The van der Waals surface area contributed by atoms with Gasteiger partial charge in [-0.15, -0.1) is 0 Å². The first kappa shape index (κ1) is 15.8. The lowest BCUT2D eigenvalue weighted by Crippen LogP contribution is -2.44. The van der Waals surface area contributed by atoms with E-state index in [1.165, 1.54) is 12.0 Å². The number of aliphatic hydroxyl groups is 1. The number of hydrogen-bond donors (Lipinski definition) is 2. The number of amides is 1. The number of ether oxygens (including phenoxy) is 1. The van der Waals surface area contributed by atoms with Crippen molar-refractivity contribution in [3.63, 3.8) is 0 Å². The van der Waals surface area contributed by atoms with E-state index in [9.17, 15) is 9.90 Å². The SMILES string of the molecule is Cc1ccc(OCCC(=O)NCC2(O)CCCCC2)cc1. The van der Waals surface area contributed by atoms with Crippen molar-refractivity contribution in [1.29, 1.82) is 0 Å². The van der Waals surface area contributed by atoms with Crippen LogP contribution in [0.5, 0.6) is 5.75 Å². The van der Waals surface area contributed by atoms with Crippen molar-refractivity contribution in [3.05, 3.63) is 29.8 Å². The molecule has 0 atom stereocenters. The average molecular weight is 291 g/mol. The molecule has 21 heavy (non-hydrogen) atoms. The van der Waals surface area contributed by atoms with Gasteiger partial charge in [-0.2, -0.15) is 0 Å². The molecule has 0 aliphatic heterocycles. The number of rotatable bonds is 6. The summed E-state index contributed by atoms with van der Waals surface area (Å²) in [6, 6.07) is 7.76. The van der Waals surface area contributed by atoms with E-state index in [-0.39, 0.29) is 5.91 Å². The molecule has 2 rings (SSSR count). The topological polar surface area (TPSA) is 58.6 Å². The van der Waals surface area contributed by atoms with Gasteiger partial charge in [0.2, 0.25) is 5.91 Å². The van der Waals surface area contributed by atoms with Gasteiger partial charge in [-0.05, 0) is 31.9 Å². The fourth-order valence-corrected chi connectivity index (χ4v) is 2.63. The van der Waals surface area contributed by atoms with Crippen LogP contribution in [0.2, 0.25) is 0 Å². The lowest BCUT2D eigenvalue weighted by Gasteiger charge is -2.32. The summed E-state index contributed by atoms with van der Waals surface area (Å²) in [5, 5.41) is 13.1. The molecular weight excluding hydrogens is 266 g/mol. The second kappa shape index (κ2) is 7.46. The van der Waals surface area contributed by atoms with Gasteiger partial charge in [0.05, 0.1) is 18.6 Å². The lowest BCUT2D eigenvalue weighted by molar-refractivity contribution is -0.123. The molecule has 0 spiro atoms. The molecule has 116 valence electrons. The van der Waals surface area contributed by atoms with Gasteiger partial charge in [0.1, 0.15) is 5.75 Å². The largest absolute Gasteiger partial charge is 0.493 e. The van der Waals surface area contributed by atoms with Gasteiger partial charge < -0.3 is 15.2 Å². The molecule has 0 heterocycles. The Hall–Kier alpha value is -1.55. The first-order valence-corrected chi connectivity index (χ1v) is 7.76. The highest BCUT2D eigenvalue weighted by atomic mass is 16.5. The third-order valence-corrected chi connectivity index (χ3v) is 4.02. The normalized spacial score (nSPS) is 17.2. The van der Waals surface area contributed by atoms with Gasteiger partial charge in [0.15, 0.2) is 0 Å². The Morgan fingerprint density at radius 2 is 1.90 bits per heavy atom. The van der Waals surface area contributed by atoms with Crippen molar-refractivity contribution in [3.8, 4) is 5.75 Å². The van der Waals surface area contributed by atoms with E-state index in [2.05, 4.69) is 5.32 Å². The third-order valence-electron chi connectivity index (χ3n) is 4.02. The molecule has 2 N–H and O–H groups in total. The van der Waals surface area contributed by atoms with Gasteiger partial charge in [0, 0.05) is 6.54 Å². The number of benzene rings is 1. The predicted octanol–water partition coefficient (Wildman–Crippen LogP) is 2.58. The zero-order valence-corrected chi connectivity index (χ0v) is 12.7. The molecule has 1 amide bonds. The van der Waals surface area contributed by atoms with Crippen LogP contribution in [0.15, 0.2) is 24.3 Å². The smallest absolute Gasteiger partial charge is 0.223 e. The number of carbonyl (C=O) groups is 1. The Kier molecular flexibility index (Phi) is 5.62. The van der Waals surface area contributed by atoms with Crippen LogP contribution in [0.3, 0.4) is 0 Å². The van der Waals surface area contributed by atoms with E-state index in [1.54, 1.807) is 0 Å². The van der Waals surface area contributed by atoms with Crippen molar-refractivity contribution in [2.75, 3.05) is 13.2 Å². The fraction of sp³-hybridized carbons (Fsp3) is 0.588. The average Bonchev–Trinajstić information content (AvgIpc) is 2.48. The number of nitrogens with one attached hydrogen (secondary N) is 1. The van der Waals surface area contributed by atoms with Gasteiger partial charge in [-0.1, -0.05) is 37.0 Å². The van der Waals surface area contributed by atoms with Crippen molar-refractivity contribution in [1.82, 2.24) is 5.32 Å². The zero-order valence-electron chi connectivity index (χ0n) is 12.7. The summed E-state index contributed by atoms with van der Waals surface area (Å²) < 4.78 is 5.53. The molecule has 1 fully saturated rings. The summed E-state index contributed by atoms with van der Waals surface area (Å²) >= 11 is 0. The van der Waals surface area contributed by atoms with E-state index in [4.69, 9.17) is 4.74 Å². The Morgan fingerprint density at radius 3 is 2.57 bits per heavy atom. The summed E-state index contributed by atoms with van der Waals surface area (Å²) in [5.74, 6) is 0.709. The molecule has 0 unspecified atom stereocenters. The van der Waals surface area contributed by atoms with E-state index >= 15 is 0 Å². The van der Waals surface area contributed by atoms with E-state index in [0.717, 1.165) is 31.4 Å². The van der Waals surface area contributed by atoms with Crippen LogP contribution in [0, 0.1) is 6.92 Å². The summed E-state index contributed by atoms with van der Waals surface area (Å²) in [4.78, 5) is 11.8. The lowest BCUT2D eigenvalue weighted by atomic mass is 9.85. The Balaban J connectivity index is 1.64. The highest BCUT2D eigenvalue weighted by Gasteiger charge is 2.29. The maximum atomic E-state index is 11.8. The molecule has 0 bridgehead atoms. The Bertz CT molecular complexity index is 450. The van der Waals surface area contributed by atoms with Crippen LogP contribution in [0.4, 0.5) is 0 Å². The molecular formula is C17H25NO3. The van der Waals surface area contributed by atoms with Gasteiger partial charge >= 0.3 is 0 Å². The predicted molar refractivity (Wildman–Crippen MR) is 82.3 cm³/mol. The summed E-state index contributed by atoms with van der Waals surface area (Å²) in [6.45, 7) is 2.73. The standard InChI is InChI=1S/C17H25NO3/c1-14-5-7-15(8-6-14)21-12-9-16(19)18-13-17(20)10-3-2-4-11-17/h5-8,20H,2-4,9-13H2,1H3,(H,18,19). The summed E-state index contributed by atoms with van der Waals surface area (Å²) in [5.41, 5.74) is 0.479. The van der Waals surface area contributed by atoms with Gasteiger partial charge in [-0.25, -0.2) is 0 Å². The second-order valence-electron chi connectivity index (χ2n) is 5.97. The molecule has 4 heteroatoms. The van der Waals surface area contributed by atoms with Crippen molar-refractivity contribution < 1.29 is 14.6 Å².